The maximum Gasteiger partial charge on any atom is 0.337 e. The zero-order chi connectivity index (χ0) is 12.8. The van der Waals surface area contributed by atoms with E-state index in [2.05, 4.69) is 4.74 Å². The molecular weight excluding hydrogens is 240 g/mol. The molecule has 5 heteroatoms. The number of methoxy groups -OCH3 is 1. The normalized spacial score (nSPS) is 10.1. The highest BCUT2D eigenvalue weighted by atomic mass is 35.5. The molecule has 0 aliphatic rings. The molecule has 4 nitrogen and oxygen atoms in total. The van der Waals surface area contributed by atoms with E-state index in [1.807, 2.05) is 11.8 Å². The predicted molar refractivity (Wildman–Crippen MR) is 69.7 cm³/mol. The topological polar surface area (TPSA) is 55.6 Å². The first kappa shape index (κ1) is 13.8. The average molecular weight is 257 g/mol. The van der Waals surface area contributed by atoms with E-state index < -0.39 is 0 Å². The SMILES string of the molecule is CCN(CCN)c1cc(C(=O)OC)ccc1Cl. The third-order valence-electron chi connectivity index (χ3n) is 2.49. The molecule has 0 amide bonds. The highest BCUT2D eigenvalue weighted by Gasteiger charge is 2.12. The number of hydrogen-bond donors (Lipinski definition) is 1. The standard InChI is InChI=1S/C12H17ClN2O2/c1-3-15(7-6-14)11-8-9(12(16)17-2)4-5-10(11)13/h4-5,8H,3,6-7,14H2,1-2H3. The molecule has 94 valence electrons. The number of halogens is 1. The number of esters is 1. The molecule has 17 heavy (non-hydrogen) atoms. The lowest BCUT2D eigenvalue weighted by molar-refractivity contribution is 0.0601. The van der Waals surface area contributed by atoms with E-state index in [0.717, 1.165) is 12.2 Å². The fourth-order valence-corrected chi connectivity index (χ4v) is 1.84. The Hall–Kier alpha value is -1.26. The maximum atomic E-state index is 11.4. The van der Waals surface area contributed by atoms with E-state index in [-0.39, 0.29) is 5.97 Å². The van der Waals surface area contributed by atoms with Crippen molar-refractivity contribution in [3.8, 4) is 0 Å². The van der Waals surface area contributed by atoms with Gasteiger partial charge in [-0.15, -0.1) is 0 Å². The van der Waals surface area contributed by atoms with Crippen LogP contribution in [0.3, 0.4) is 0 Å². The molecule has 0 heterocycles. The minimum Gasteiger partial charge on any atom is -0.465 e. The van der Waals surface area contributed by atoms with Gasteiger partial charge in [0.25, 0.3) is 0 Å². The van der Waals surface area contributed by atoms with E-state index in [1.165, 1.54) is 7.11 Å². The van der Waals surface area contributed by atoms with Crippen molar-refractivity contribution in [1.82, 2.24) is 0 Å². The van der Waals surface area contributed by atoms with Crippen LogP contribution in [0.25, 0.3) is 0 Å². The smallest absolute Gasteiger partial charge is 0.337 e. The summed E-state index contributed by atoms with van der Waals surface area (Å²) in [6, 6.07) is 5.07. The van der Waals surface area contributed by atoms with Gasteiger partial charge in [0, 0.05) is 19.6 Å². The van der Waals surface area contributed by atoms with Crippen molar-refractivity contribution < 1.29 is 9.53 Å². The van der Waals surface area contributed by atoms with Crippen LogP contribution in [0.4, 0.5) is 5.69 Å². The number of hydrogen-bond acceptors (Lipinski definition) is 4. The van der Waals surface area contributed by atoms with Gasteiger partial charge in [0.1, 0.15) is 0 Å². The van der Waals surface area contributed by atoms with Crippen LogP contribution in [-0.2, 0) is 4.74 Å². The second-order valence-corrected chi connectivity index (χ2v) is 3.93. The van der Waals surface area contributed by atoms with Crippen molar-refractivity contribution in [3.05, 3.63) is 28.8 Å². The number of anilines is 1. The van der Waals surface area contributed by atoms with Gasteiger partial charge in [-0.25, -0.2) is 4.79 Å². The minimum absolute atomic E-state index is 0.369. The molecule has 0 aliphatic heterocycles. The van der Waals surface area contributed by atoms with Gasteiger partial charge in [-0.1, -0.05) is 11.6 Å². The number of carbonyl (C=O) groups excluding carboxylic acids is 1. The van der Waals surface area contributed by atoms with Gasteiger partial charge in [0.15, 0.2) is 0 Å². The van der Waals surface area contributed by atoms with Gasteiger partial charge in [0.2, 0.25) is 0 Å². The Morgan fingerprint density at radius 1 is 1.53 bits per heavy atom. The Bertz CT molecular complexity index is 396. The van der Waals surface area contributed by atoms with Crippen molar-refractivity contribution in [2.24, 2.45) is 5.73 Å². The lowest BCUT2D eigenvalue weighted by atomic mass is 10.2. The van der Waals surface area contributed by atoms with Crippen LogP contribution in [-0.4, -0.2) is 32.7 Å². The molecule has 0 unspecified atom stereocenters. The third-order valence-corrected chi connectivity index (χ3v) is 2.81. The Morgan fingerprint density at radius 3 is 2.76 bits per heavy atom. The summed E-state index contributed by atoms with van der Waals surface area (Å²) < 4.78 is 4.68. The van der Waals surface area contributed by atoms with E-state index in [9.17, 15) is 4.79 Å². The first-order valence-electron chi connectivity index (χ1n) is 5.46. The fourth-order valence-electron chi connectivity index (χ4n) is 1.60. The van der Waals surface area contributed by atoms with E-state index >= 15 is 0 Å². The molecule has 0 aliphatic carbocycles. The fraction of sp³-hybridized carbons (Fsp3) is 0.417. The average Bonchev–Trinajstić information content (AvgIpc) is 2.36. The van der Waals surface area contributed by atoms with Gasteiger partial charge in [-0.3, -0.25) is 0 Å². The van der Waals surface area contributed by atoms with Crippen molar-refractivity contribution in [2.45, 2.75) is 6.92 Å². The first-order chi connectivity index (χ1) is 8.13. The van der Waals surface area contributed by atoms with Gasteiger partial charge in [0.05, 0.1) is 23.4 Å². The molecule has 2 N–H and O–H groups in total. The zero-order valence-corrected chi connectivity index (χ0v) is 10.8. The highest BCUT2D eigenvalue weighted by molar-refractivity contribution is 6.33. The second-order valence-electron chi connectivity index (χ2n) is 3.53. The quantitative estimate of drug-likeness (QED) is 0.818. The van der Waals surface area contributed by atoms with Crippen LogP contribution in [0.5, 0.6) is 0 Å². The largest absolute Gasteiger partial charge is 0.465 e. The summed E-state index contributed by atoms with van der Waals surface area (Å²) in [5, 5.41) is 0.605. The predicted octanol–water partition coefficient (Wildman–Crippen LogP) is 1.91. The molecule has 1 aromatic rings. The second kappa shape index (κ2) is 6.47. The van der Waals surface area contributed by atoms with E-state index in [1.54, 1.807) is 18.2 Å². The highest BCUT2D eigenvalue weighted by Crippen LogP contribution is 2.27. The minimum atomic E-state index is -0.369. The summed E-state index contributed by atoms with van der Waals surface area (Å²) in [7, 11) is 1.36. The summed E-state index contributed by atoms with van der Waals surface area (Å²) >= 11 is 6.12. The molecule has 0 saturated carbocycles. The lowest BCUT2D eigenvalue weighted by Crippen LogP contribution is -2.29. The van der Waals surface area contributed by atoms with Crippen molar-refractivity contribution in [2.75, 3.05) is 31.6 Å². The van der Waals surface area contributed by atoms with Crippen LogP contribution in [0.2, 0.25) is 5.02 Å². The van der Waals surface area contributed by atoms with Crippen molar-refractivity contribution >= 4 is 23.3 Å². The molecule has 0 fully saturated rings. The van der Waals surface area contributed by atoms with Crippen LogP contribution in [0, 0.1) is 0 Å². The Labute approximate surface area is 106 Å². The number of carbonyl (C=O) groups is 1. The van der Waals surface area contributed by atoms with E-state index in [4.69, 9.17) is 17.3 Å². The molecule has 0 spiro atoms. The number of rotatable bonds is 5. The summed E-state index contributed by atoms with van der Waals surface area (Å²) in [4.78, 5) is 13.5. The van der Waals surface area contributed by atoms with Gasteiger partial charge >= 0.3 is 5.97 Å². The van der Waals surface area contributed by atoms with Crippen LogP contribution in [0.1, 0.15) is 17.3 Å². The summed E-state index contributed by atoms with van der Waals surface area (Å²) in [6.07, 6.45) is 0. The van der Waals surface area contributed by atoms with Crippen molar-refractivity contribution in [1.29, 1.82) is 0 Å². The van der Waals surface area contributed by atoms with Gasteiger partial charge < -0.3 is 15.4 Å². The van der Waals surface area contributed by atoms with Crippen molar-refractivity contribution in [3.63, 3.8) is 0 Å². The van der Waals surface area contributed by atoms with Crippen LogP contribution in [0.15, 0.2) is 18.2 Å². The number of likely N-dealkylation sites (N-methyl/N-ethyl adjacent to an activating group) is 1. The molecule has 0 aromatic heterocycles. The summed E-state index contributed by atoms with van der Waals surface area (Å²) in [5.74, 6) is -0.369. The Balaban J connectivity index is 3.08. The van der Waals surface area contributed by atoms with E-state index in [0.29, 0.717) is 23.7 Å². The summed E-state index contributed by atoms with van der Waals surface area (Å²) in [5.41, 5.74) is 6.84. The number of nitrogens with zero attached hydrogens (tertiary/aromatic N) is 1. The van der Waals surface area contributed by atoms with Crippen LogP contribution >= 0.6 is 11.6 Å². The molecule has 0 atom stereocenters. The maximum absolute atomic E-state index is 11.4. The third kappa shape index (κ3) is 3.35. The Morgan fingerprint density at radius 2 is 2.24 bits per heavy atom. The summed E-state index contributed by atoms with van der Waals surface area (Å²) in [6.45, 7) is 4.02. The first-order valence-corrected chi connectivity index (χ1v) is 5.84. The van der Waals surface area contributed by atoms with Crippen LogP contribution < -0.4 is 10.6 Å². The molecular formula is C12H17ClN2O2. The molecule has 1 aromatic carbocycles. The molecule has 0 radical (unpaired) electrons. The number of nitrogens with two attached hydrogens (primary N) is 1. The molecule has 0 bridgehead atoms. The van der Waals surface area contributed by atoms with Gasteiger partial charge in [-0.05, 0) is 25.1 Å². The number of ether oxygens (including phenoxy) is 1. The molecule has 1 rings (SSSR count). The lowest BCUT2D eigenvalue weighted by Gasteiger charge is -2.23. The monoisotopic (exact) mass is 256 g/mol. The zero-order valence-electron chi connectivity index (χ0n) is 10.1. The van der Waals surface area contributed by atoms with Gasteiger partial charge in [-0.2, -0.15) is 0 Å². The number of benzene rings is 1. The molecule has 0 saturated heterocycles. The Kier molecular flexibility index (Phi) is 5.25.